The third-order valence-corrected chi connectivity index (χ3v) is 12.6. The molecule has 2 heterocycles. The number of nitrogens with one attached hydrogen (secondary N) is 6. The molecule has 2 unspecified atom stereocenters. The van der Waals surface area contributed by atoms with Gasteiger partial charge in [-0.3, -0.25) is 5.04 Å². The van der Waals surface area contributed by atoms with Crippen molar-refractivity contribution in [3.05, 3.63) is 96.1 Å². The Balaban J connectivity index is -0.00000820. The van der Waals surface area contributed by atoms with E-state index in [0.29, 0.717) is 12.0 Å². The van der Waals surface area contributed by atoms with Gasteiger partial charge in [0, 0.05) is 52.4 Å². The van der Waals surface area contributed by atoms with Gasteiger partial charge in [0.15, 0.2) is 0 Å². The first-order valence-corrected chi connectivity index (χ1v) is 25.3. The molecule has 32 nitrogen and oxygen atoms in total. The maximum absolute atomic E-state index is 12.7. The van der Waals surface area contributed by atoms with Crippen LogP contribution in [0.25, 0.3) is 12.2 Å². The molecule has 0 bridgehead atoms. The van der Waals surface area contributed by atoms with Gasteiger partial charge in [0.05, 0.1) is 50.8 Å². The number of anilines is 10. The predicted molar refractivity (Wildman–Crippen MR) is 243 cm³/mol. The maximum Gasteiger partial charge on any atom is 1.00 e. The number of aromatic nitrogens is 6. The summed E-state index contributed by atoms with van der Waals surface area (Å²) in [5.74, 6) is -10.2. The number of hydrogen-bond donors (Lipinski definition) is 6. The molecule has 0 saturated carbocycles. The smallest absolute Gasteiger partial charge is 0.744 e. The molecule has 2 aromatic heterocycles. The second-order valence-corrected chi connectivity index (χ2v) is 19.6. The normalized spacial score (nSPS) is 11.3. The molecule has 44 heteroatoms. The summed E-state index contributed by atoms with van der Waals surface area (Å²) >= 11 is 0.334. The third-order valence-electron chi connectivity index (χ3n) is 9.39. The molecule has 0 amide bonds. The Morgan fingerprint density at radius 1 is 0.464 bits per heavy atom. The molecule has 6 aromatic rings. The van der Waals surface area contributed by atoms with E-state index in [1.807, 2.05) is 0 Å². The van der Waals surface area contributed by atoms with Crippen molar-refractivity contribution in [2.75, 3.05) is 31.9 Å². The van der Waals surface area contributed by atoms with E-state index in [9.17, 15) is 83.8 Å². The average Bonchev–Trinajstić information content (AvgIpc) is 3.32. The molecule has 400 valence electrons. The van der Waals surface area contributed by atoms with E-state index < -0.39 is 118 Å². The van der Waals surface area contributed by atoms with Gasteiger partial charge in [-0.2, -0.15) is 34.2 Å². The summed E-state index contributed by atoms with van der Waals surface area (Å²) in [4.78, 5) is 68.1. The van der Waals surface area contributed by atoms with Gasteiger partial charge in [0.1, 0.15) is 30.4 Å². The Morgan fingerprint density at radius 2 is 0.786 bits per heavy atom. The maximum atomic E-state index is 12.7. The first-order chi connectivity index (χ1) is 35.7. The number of benzene rings is 4. The Morgan fingerprint density at radius 3 is 1.12 bits per heavy atom. The Hall–Kier alpha value is -0.720. The first-order valence-electron chi connectivity index (χ1n) is 20.3. The van der Waals surface area contributed by atoms with Gasteiger partial charge in [-0.1, -0.05) is 24.3 Å². The van der Waals surface area contributed by atoms with Gasteiger partial charge < -0.3 is 90.4 Å². The summed E-state index contributed by atoms with van der Waals surface area (Å²) < 4.78 is 111. The molecule has 0 radical (unpaired) electrons. The third kappa shape index (κ3) is 28.2. The van der Waals surface area contributed by atoms with Gasteiger partial charge in [0.2, 0.25) is 35.7 Å². The molecule has 0 spiro atoms. The number of carbonyl (C=O) groups excluding carboxylic acids is 4. The Kier molecular flexibility index (Phi) is 41.9. The molecule has 0 aliphatic rings. The Bertz CT molecular complexity index is 3600. The minimum atomic E-state index is -5.33. The fourth-order valence-electron chi connectivity index (χ4n) is 6.08. The second-order valence-electron chi connectivity index (χ2n) is 14.8. The van der Waals surface area contributed by atoms with Crippen molar-refractivity contribution in [2.24, 2.45) is 0 Å². The van der Waals surface area contributed by atoms with Crippen LogP contribution in [0.5, 0.6) is 0 Å². The zero-order chi connectivity index (χ0) is 55.5. The van der Waals surface area contributed by atoms with E-state index in [1.165, 1.54) is 30.3 Å². The monoisotopic (exact) mass is 1310 g/mol. The Labute approximate surface area is 658 Å². The van der Waals surface area contributed by atoms with Crippen LogP contribution < -0.4 is 294 Å². The minimum Gasteiger partial charge on any atom is -0.744 e. The molecule has 6 N–H and O–H groups in total. The van der Waals surface area contributed by atoms with Crippen LogP contribution in [0.1, 0.15) is 24.0 Å². The summed E-state index contributed by atoms with van der Waals surface area (Å²) in [5.41, 5.74) is 0.00719. The zero-order valence-electron chi connectivity index (χ0n) is 45.3. The van der Waals surface area contributed by atoms with Crippen LogP contribution in [0.2, 0.25) is 0 Å². The number of rotatable bonds is 26. The quantitative estimate of drug-likeness (QED) is 0.00733. The molecule has 2 atom stereocenters. The number of carboxylic acids is 4. The van der Waals surface area contributed by atoms with Gasteiger partial charge in [-0.05, 0) is 83.9 Å². The average molecular weight is 1310 g/mol. The summed E-state index contributed by atoms with van der Waals surface area (Å²) in [6.45, 7) is 0. The zero-order valence-corrected chi connectivity index (χ0v) is 64.6. The molecule has 0 aliphatic heterocycles. The summed E-state index contributed by atoms with van der Waals surface area (Å²) in [7, 11) is -15.0. The fourth-order valence-corrected chi connectivity index (χ4v) is 8.22. The van der Waals surface area contributed by atoms with E-state index in [4.69, 9.17) is 0 Å². The van der Waals surface area contributed by atoms with Crippen LogP contribution in [-0.2, 0) is 58.9 Å². The van der Waals surface area contributed by atoms with E-state index in [-0.39, 0.29) is 287 Å². The van der Waals surface area contributed by atoms with E-state index >= 15 is 0 Å². The predicted octanol–water partition coefficient (Wildman–Crippen LogP) is -27.5. The van der Waals surface area contributed by atoms with Crippen LogP contribution in [0.3, 0.4) is 0 Å². The van der Waals surface area contributed by atoms with Crippen molar-refractivity contribution in [3.8, 4) is 0 Å². The molecule has 0 saturated heterocycles. The molecule has 6 rings (SSSR count). The van der Waals surface area contributed by atoms with Gasteiger partial charge in [-0.15, -0.1) is 0 Å². The second kappa shape index (κ2) is 40.2. The summed E-state index contributed by atoms with van der Waals surface area (Å²) in [6.07, 6.45) is 0.210. The van der Waals surface area contributed by atoms with E-state index in [2.05, 4.69) is 71.2 Å². The van der Waals surface area contributed by atoms with Crippen molar-refractivity contribution in [1.82, 2.24) is 29.9 Å². The van der Waals surface area contributed by atoms with E-state index in [1.54, 1.807) is 0 Å². The SMILES string of the molecule is O=C([O-])CC(Nc1nc(Nc2ccc(S(=O)(=O)[O-])cc2)nc(Nc2ccc(C=Cc3ccc(Nc4nc(Nc5ccc(S(=O)(=O)[O-])cc5)nc(NC(CC(=O)[O-])C(=O)[O-])n4)cc3S(=O)(=O)[O-])c(SOO[O-])c2)n1)C(=O)[O-].[Na+].[Na+].[Na+].[Na+].[Na+].[Na+].[Na+].[Na+]. The van der Waals surface area contributed by atoms with Gasteiger partial charge in [-0.25, -0.2) is 25.3 Å². The minimum absolute atomic E-state index is 0. The fraction of sp³-hybridized carbons (Fsp3) is 0.100. The standard InChI is InChI=1S/C40H36N12O20S4.8Na/c53-31(54)17-27(33(57)58)45-39-49-35(41-21-7-11-25(12-8-21)74(62,63)64)47-37(51-39)43-23-5-3-19(29(15-23)73-72-71-61)1-2-20-4-6-24(16-30(20)76(68,69)70)44-38-48-36(42-22-9-13-26(14-10-22)75(65,66)67)50-40(52-38)46-28(34(59)60)18-32(55)56;;;;;;;;/h1-16,27-28,61H,17-18H2,(H,53,54)(H,55,56)(H,57,58)(H,59,60)(H,62,63,64)(H,65,66,67)(H,68,69,70)(H3,41,43,45,47,49,51)(H3,42,44,46,48,50,52);;;;;;;;/q;8*+1/p-8. The molecule has 0 fully saturated rings. The number of carboxylic acid groups (broad SMARTS) is 4. The van der Waals surface area contributed by atoms with Crippen LogP contribution in [0, 0.1) is 0 Å². The first kappa shape index (κ1) is 87.5. The van der Waals surface area contributed by atoms with E-state index in [0.717, 1.165) is 66.7 Å². The van der Waals surface area contributed by atoms with Crippen LogP contribution in [-0.4, -0.2) is 105 Å². The molecule has 0 aliphatic carbocycles. The van der Waals surface area contributed by atoms with Crippen LogP contribution >= 0.6 is 12.0 Å². The van der Waals surface area contributed by atoms with Gasteiger partial charge >= 0.3 is 236 Å². The summed E-state index contributed by atoms with van der Waals surface area (Å²) in [5, 5.41) is 75.4. The molecular formula is C40H28N12Na8O20S4. The number of aliphatic carboxylic acids is 4. The topological polar surface area (TPSA) is 523 Å². The number of nitrogens with zero attached hydrogens (tertiary/aromatic N) is 6. The summed E-state index contributed by atoms with van der Waals surface area (Å²) in [6, 6.07) is 11.8. The number of hydrogen-bond acceptors (Lipinski definition) is 33. The molecule has 4 aromatic carbocycles. The van der Waals surface area contributed by atoms with Gasteiger partial charge in [0.25, 0.3) is 0 Å². The van der Waals surface area contributed by atoms with Crippen molar-refractivity contribution < 1.29 is 330 Å². The molecule has 84 heavy (non-hydrogen) atoms. The van der Waals surface area contributed by atoms with Crippen LogP contribution in [0.15, 0.2) is 105 Å². The van der Waals surface area contributed by atoms with Crippen LogP contribution in [0.4, 0.5) is 58.4 Å². The van der Waals surface area contributed by atoms with Crippen molar-refractivity contribution >= 4 is 137 Å². The van der Waals surface area contributed by atoms with Crippen molar-refractivity contribution in [2.45, 2.75) is 44.5 Å². The largest absolute Gasteiger partial charge is 1.00 e. The van der Waals surface area contributed by atoms with Crippen molar-refractivity contribution in [1.29, 1.82) is 0 Å². The number of carbonyl (C=O) groups is 4. The van der Waals surface area contributed by atoms with Crippen molar-refractivity contribution in [3.63, 3.8) is 0 Å². The molecular weight excluding hydrogens is 1280 g/mol.